The third-order valence-corrected chi connectivity index (χ3v) is 2.69. The average molecular weight is 310 g/mol. The highest BCUT2D eigenvalue weighted by Crippen LogP contribution is 2.14. The number of thiocarbonyl (C=S) groups is 1. The van der Waals surface area contributed by atoms with E-state index in [-0.39, 0.29) is 11.1 Å². The minimum atomic E-state index is 0.0795. The molecule has 1 rings (SSSR count). The SMILES string of the molecule is NC(=S)NC(N)=NC=C=CCCCc1ncccc1Cl. The van der Waals surface area contributed by atoms with Crippen molar-refractivity contribution in [1.29, 1.82) is 0 Å². The topological polar surface area (TPSA) is 89.3 Å². The zero-order valence-corrected chi connectivity index (χ0v) is 12.4. The monoisotopic (exact) mass is 309 g/mol. The number of rotatable bonds is 5. The van der Waals surface area contributed by atoms with Crippen LogP contribution >= 0.6 is 23.8 Å². The van der Waals surface area contributed by atoms with Crippen LogP contribution in [-0.4, -0.2) is 16.1 Å². The van der Waals surface area contributed by atoms with Gasteiger partial charge < -0.3 is 16.8 Å². The van der Waals surface area contributed by atoms with Gasteiger partial charge in [-0.1, -0.05) is 11.6 Å². The summed E-state index contributed by atoms with van der Waals surface area (Å²) in [6.07, 6.45) is 7.67. The van der Waals surface area contributed by atoms with Crippen LogP contribution in [0.3, 0.4) is 0 Å². The van der Waals surface area contributed by atoms with E-state index in [1.165, 1.54) is 6.20 Å². The summed E-state index contributed by atoms with van der Waals surface area (Å²) in [5, 5.41) is 3.28. The van der Waals surface area contributed by atoms with E-state index in [0.717, 1.165) is 25.0 Å². The van der Waals surface area contributed by atoms with Crippen LogP contribution < -0.4 is 16.8 Å². The third kappa shape index (κ3) is 6.89. The van der Waals surface area contributed by atoms with E-state index in [1.54, 1.807) is 6.20 Å². The van der Waals surface area contributed by atoms with Crippen LogP contribution in [0.1, 0.15) is 18.5 Å². The fraction of sp³-hybridized carbons (Fsp3) is 0.231. The lowest BCUT2D eigenvalue weighted by Gasteiger charge is -2.00. The fourth-order valence-corrected chi connectivity index (χ4v) is 1.70. The highest BCUT2D eigenvalue weighted by Gasteiger charge is 1.98. The molecule has 1 aromatic rings. The summed E-state index contributed by atoms with van der Waals surface area (Å²) in [7, 11) is 0. The summed E-state index contributed by atoms with van der Waals surface area (Å²) >= 11 is 10.6. The highest BCUT2D eigenvalue weighted by atomic mass is 35.5. The quantitative estimate of drug-likeness (QED) is 0.254. The molecule has 0 aromatic carbocycles. The number of hydrogen-bond donors (Lipinski definition) is 3. The lowest BCUT2D eigenvalue weighted by molar-refractivity contribution is 0.818. The lowest BCUT2D eigenvalue weighted by Crippen LogP contribution is -2.39. The molecule has 5 nitrogen and oxygen atoms in total. The summed E-state index contributed by atoms with van der Waals surface area (Å²) in [6.45, 7) is 0. The van der Waals surface area contributed by atoms with Crippen molar-refractivity contribution in [3.8, 4) is 0 Å². The summed E-state index contributed by atoms with van der Waals surface area (Å²) in [5.41, 5.74) is 14.5. The molecule has 106 valence electrons. The van der Waals surface area contributed by atoms with Crippen molar-refractivity contribution in [2.24, 2.45) is 16.5 Å². The number of nitrogens with one attached hydrogen (secondary N) is 1. The molecule has 7 heteroatoms. The first-order valence-electron chi connectivity index (χ1n) is 5.98. The van der Waals surface area contributed by atoms with Crippen molar-refractivity contribution in [2.45, 2.75) is 19.3 Å². The van der Waals surface area contributed by atoms with Crippen LogP contribution in [0.15, 0.2) is 41.3 Å². The second kappa shape index (κ2) is 9.09. The fourth-order valence-electron chi connectivity index (χ4n) is 1.38. The number of aryl methyl sites for hydroxylation is 1. The van der Waals surface area contributed by atoms with Gasteiger partial charge in [-0.25, -0.2) is 4.99 Å². The summed E-state index contributed by atoms with van der Waals surface area (Å²) in [6, 6.07) is 3.66. The van der Waals surface area contributed by atoms with Gasteiger partial charge in [0.25, 0.3) is 0 Å². The first-order chi connectivity index (χ1) is 9.59. The number of allylic oxidation sites excluding steroid dienone is 1. The molecule has 1 aromatic heterocycles. The Morgan fingerprint density at radius 2 is 2.35 bits per heavy atom. The van der Waals surface area contributed by atoms with Crippen LogP contribution in [0.4, 0.5) is 0 Å². The number of halogens is 1. The number of nitrogens with zero attached hydrogens (tertiary/aromatic N) is 2. The molecular weight excluding hydrogens is 294 g/mol. The van der Waals surface area contributed by atoms with Gasteiger partial charge in [-0.15, -0.1) is 5.73 Å². The highest BCUT2D eigenvalue weighted by molar-refractivity contribution is 7.80. The predicted molar refractivity (Wildman–Crippen MR) is 86.4 cm³/mol. The average Bonchev–Trinajstić information content (AvgIpc) is 2.38. The van der Waals surface area contributed by atoms with Gasteiger partial charge in [-0.2, -0.15) is 0 Å². The van der Waals surface area contributed by atoms with E-state index in [0.29, 0.717) is 5.02 Å². The molecule has 5 N–H and O–H groups in total. The van der Waals surface area contributed by atoms with Crippen molar-refractivity contribution in [2.75, 3.05) is 0 Å². The molecule has 0 saturated heterocycles. The second-order valence-electron chi connectivity index (χ2n) is 3.83. The molecule has 0 unspecified atom stereocenters. The number of unbranched alkanes of at least 4 members (excludes halogenated alkanes) is 1. The van der Waals surface area contributed by atoms with Gasteiger partial charge in [0.05, 0.1) is 16.9 Å². The van der Waals surface area contributed by atoms with Gasteiger partial charge in [0.1, 0.15) is 0 Å². The Balaban J connectivity index is 2.32. The van der Waals surface area contributed by atoms with Gasteiger partial charge in [-0.3, -0.25) is 4.98 Å². The van der Waals surface area contributed by atoms with Crippen LogP contribution in [-0.2, 0) is 6.42 Å². The van der Waals surface area contributed by atoms with Crippen molar-refractivity contribution < 1.29 is 0 Å². The molecule has 1 heterocycles. The largest absolute Gasteiger partial charge is 0.376 e. The molecule has 0 bridgehead atoms. The first-order valence-corrected chi connectivity index (χ1v) is 6.76. The zero-order valence-electron chi connectivity index (χ0n) is 10.8. The molecule has 0 aliphatic heterocycles. The Hall–Kier alpha value is -1.88. The van der Waals surface area contributed by atoms with E-state index in [2.05, 4.69) is 33.2 Å². The molecule has 0 aliphatic carbocycles. The Morgan fingerprint density at radius 3 is 3.05 bits per heavy atom. The Bertz CT molecular complexity index is 549. The third-order valence-electron chi connectivity index (χ3n) is 2.24. The molecule has 20 heavy (non-hydrogen) atoms. The maximum absolute atomic E-state index is 6.01. The van der Waals surface area contributed by atoms with Gasteiger partial charge in [0, 0.05) is 6.20 Å². The zero-order chi connectivity index (χ0) is 14.8. The molecule has 0 fully saturated rings. The molecule has 0 spiro atoms. The van der Waals surface area contributed by atoms with Gasteiger partial charge in [-0.05, 0) is 49.7 Å². The van der Waals surface area contributed by atoms with Gasteiger partial charge in [0.15, 0.2) is 11.1 Å². The lowest BCUT2D eigenvalue weighted by atomic mass is 10.2. The molecule has 0 amide bonds. The van der Waals surface area contributed by atoms with E-state index in [1.807, 2.05) is 18.2 Å². The van der Waals surface area contributed by atoms with Crippen LogP contribution in [0.5, 0.6) is 0 Å². The predicted octanol–water partition coefficient (Wildman–Crippen LogP) is 1.87. The minimum Gasteiger partial charge on any atom is -0.376 e. The standard InChI is InChI=1S/C13H16ClN5S/c14-10-6-5-9-17-11(10)7-3-1-2-4-8-18-12(15)19-13(16)20/h2,5-6,8-9H,1,3,7H2,(H5,15,16,18,19,20). The number of hydrogen-bond acceptors (Lipinski definition) is 3. The van der Waals surface area contributed by atoms with Crippen molar-refractivity contribution in [3.05, 3.63) is 47.1 Å². The Labute approximate surface area is 128 Å². The number of nitrogens with two attached hydrogens (primary N) is 2. The molecule has 0 atom stereocenters. The number of guanidine groups is 1. The number of pyridine rings is 1. The molecule has 0 saturated carbocycles. The summed E-state index contributed by atoms with van der Waals surface area (Å²) in [4.78, 5) is 8.07. The molecule has 0 radical (unpaired) electrons. The Kier molecular flexibility index (Phi) is 7.35. The van der Waals surface area contributed by atoms with E-state index in [4.69, 9.17) is 23.1 Å². The smallest absolute Gasteiger partial charge is 0.200 e. The van der Waals surface area contributed by atoms with Crippen LogP contribution in [0.25, 0.3) is 0 Å². The van der Waals surface area contributed by atoms with Crippen molar-refractivity contribution in [3.63, 3.8) is 0 Å². The van der Waals surface area contributed by atoms with E-state index in [9.17, 15) is 0 Å². The van der Waals surface area contributed by atoms with Crippen molar-refractivity contribution in [1.82, 2.24) is 10.3 Å². The second-order valence-corrected chi connectivity index (χ2v) is 4.67. The number of aliphatic imine (C=N–C) groups is 1. The molecular formula is C13H16ClN5S. The number of aromatic nitrogens is 1. The van der Waals surface area contributed by atoms with E-state index >= 15 is 0 Å². The van der Waals surface area contributed by atoms with E-state index < -0.39 is 0 Å². The van der Waals surface area contributed by atoms with Crippen LogP contribution in [0, 0.1) is 0 Å². The summed E-state index contributed by atoms with van der Waals surface area (Å²) < 4.78 is 0. The normalized spacial score (nSPS) is 10.6. The summed E-state index contributed by atoms with van der Waals surface area (Å²) in [5.74, 6) is 0.138. The van der Waals surface area contributed by atoms with Crippen molar-refractivity contribution >= 4 is 34.9 Å². The Morgan fingerprint density at radius 1 is 1.55 bits per heavy atom. The maximum atomic E-state index is 6.01. The maximum Gasteiger partial charge on any atom is 0.200 e. The van der Waals surface area contributed by atoms with Gasteiger partial charge in [0.2, 0.25) is 0 Å². The minimum absolute atomic E-state index is 0.0795. The van der Waals surface area contributed by atoms with Gasteiger partial charge >= 0.3 is 0 Å². The molecule has 0 aliphatic rings. The first kappa shape index (κ1) is 16.2. The van der Waals surface area contributed by atoms with Crippen LogP contribution in [0.2, 0.25) is 5.02 Å².